The summed E-state index contributed by atoms with van der Waals surface area (Å²) in [5.74, 6) is 3.39. The van der Waals surface area contributed by atoms with Gasteiger partial charge in [0.05, 0.1) is 24.7 Å². The van der Waals surface area contributed by atoms with Gasteiger partial charge in [-0.25, -0.2) is 13.4 Å². The molecular formula is C26H27N3O5S. The van der Waals surface area contributed by atoms with Crippen molar-refractivity contribution in [1.29, 1.82) is 0 Å². The number of nitrogens with zero attached hydrogens (tertiary/aromatic N) is 3. The van der Waals surface area contributed by atoms with Crippen LogP contribution >= 0.6 is 0 Å². The van der Waals surface area contributed by atoms with Crippen LogP contribution in [0.2, 0.25) is 0 Å². The molecule has 0 radical (unpaired) electrons. The fourth-order valence-corrected chi connectivity index (χ4v) is 6.06. The van der Waals surface area contributed by atoms with Crippen LogP contribution in [0.5, 0.6) is 23.0 Å². The number of aliphatic imine (C=N–C) groups is 1. The summed E-state index contributed by atoms with van der Waals surface area (Å²) in [6.45, 7) is 3.21. The molecule has 0 bridgehead atoms. The lowest BCUT2D eigenvalue weighted by atomic mass is 10.1. The van der Waals surface area contributed by atoms with Gasteiger partial charge in [0.25, 0.3) is 0 Å². The number of hydrogen-bond donors (Lipinski definition) is 0. The van der Waals surface area contributed by atoms with Crippen LogP contribution in [0, 0.1) is 0 Å². The Balaban J connectivity index is 1.47. The van der Waals surface area contributed by atoms with Gasteiger partial charge in [0.1, 0.15) is 28.8 Å². The van der Waals surface area contributed by atoms with E-state index in [4.69, 9.17) is 19.2 Å². The number of hydrogen-bond acceptors (Lipinski definition) is 7. The molecule has 35 heavy (non-hydrogen) atoms. The maximum Gasteiger partial charge on any atom is 0.243 e. The van der Waals surface area contributed by atoms with Crippen molar-refractivity contribution in [3.05, 3.63) is 72.3 Å². The number of rotatable bonds is 4. The Labute approximate surface area is 205 Å². The summed E-state index contributed by atoms with van der Waals surface area (Å²) >= 11 is 0. The van der Waals surface area contributed by atoms with Gasteiger partial charge in [-0.15, -0.1) is 0 Å². The maximum atomic E-state index is 13.4. The second-order valence-electron chi connectivity index (χ2n) is 8.45. The van der Waals surface area contributed by atoms with E-state index in [2.05, 4.69) is 4.90 Å². The van der Waals surface area contributed by atoms with Crippen molar-refractivity contribution in [3.8, 4) is 23.0 Å². The van der Waals surface area contributed by atoms with Crippen LogP contribution in [0.15, 0.2) is 76.6 Å². The number of methoxy groups -OCH3 is 2. The molecule has 1 fully saturated rings. The van der Waals surface area contributed by atoms with Gasteiger partial charge in [-0.05, 0) is 61.5 Å². The summed E-state index contributed by atoms with van der Waals surface area (Å²) in [7, 11) is -0.476. The molecule has 182 valence electrons. The Kier molecular flexibility index (Phi) is 6.12. The predicted octanol–water partition coefficient (Wildman–Crippen LogP) is 4.28. The van der Waals surface area contributed by atoms with Gasteiger partial charge in [0, 0.05) is 25.7 Å². The molecule has 5 rings (SSSR count). The molecule has 0 N–H and O–H groups in total. The lowest BCUT2D eigenvalue weighted by molar-refractivity contribution is 0.205. The van der Waals surface area contributed by atoms with Gasteiger partial charge in [-0.1, -0.05) is 12.1 Å². The van der Waals surface area contributed by atoms with E-state index in [0.29, 0.717) is 42.6 Å². The van der Waals surface area contributed by atoms with E-state index >= 15 is 0 Å². The Morgan fingerprint density at radius 1 is 0.914 bits per heavy atom. The highest BCUT2D eigenvalue weighted by Gasteiger charge is 2.36. The van der Waals surface area contributed by atoms with Crippen molar-refractivity contribution in [1.82, 2.24) is 9.21 Å². The molecule has 0 aromatic heterocycles. The quantitative estimate of drug-likeness (QED) is 0.540. The number of para-hydroxylation sites is 2. The normalized spacial score (nSPS) is 18.0. The van der Waals surface area contributed by atoms with E-state index in [9.17, 15) is 8.42 Å². The number of ether oxygens (including phenoxy) is 3. The van der Waals surface area contributed by atoms with Gasteiger partial charge in [0.15, 0.2) is 5.75 Å². The first kappa shape index (κ1) is 23.2. The standard InChI is InChI=1S/C26H27N3O5S/c1-18-17-28(14-15-29(18)35(30,31)21-11-8-19(32-2)9-12-21)26-22-16-20(33-3)10-13-24(22)34-25-7-5-4-6-23(25)27-26/h4-13,16,18H,14-15,17H2,1-3H3/t18-/m0/s1. The third-order valence-corrected chi connectivity index (χ3v) is 8.30. The van der Waals surface area contributed by atoms with E-state index in [1.807, 2.05) is 49.4 Å². The van der Waals surface area contributed by atoms with Crippen LogP contribution in [0.25, 0.3) is 0 Å². The first-order chi connectivity index (χ1) is 16.9. The third kappa shape index (κ3) is 4.33. The molecule has 0 unspecified atom stereocenters. The number of piperazine rings is 1. The summed E-state index contributed by atoms with van der Waals surface area (Å²) in [5, 5.41) is 0. The van der Waals surface area contributed by atoms with Crippen LogP contribution < -0.4 is 14.2 Å². The SMILES string of the molecule is COc1ccc(S(=O)(=O)N2CCN(C3=Nc4ccccc4Oc4ccc(OC)cc43)C[C@@H]2C)cc1. The van der Waals surface area contributed by atoms with Crippen molar-refractivity contribution >= 4 is 21.5 Å². The molecule has 0 amide bonds. The van der Waals surface area contributed by atoms with Crippen LogP contribution in [0.3, 0.4) is 0 Å². The molecule has 0 spiro atoms. The average molecular weight is 494 g/mol. The van der Waals surface area contributed by atoms with E-state index in [1.54, 1.807) is 42.8 Å². The van der Waals surface area contributed by atoms with E-state index in [-0.39, 0.29) is 10.9 Å². The Morgan fingerprint density at radius 3 is 2.34 bits per heavy atom. The molecule has 9 heteroatoms. The number of sulfonamides is 1. The van der Waals surface area contributed by atoms with Gasteiger partial charge < -0.3 is 19.1 Å². The van der Waals surface area contributed by atoms with Crippen molar-refractivity contribution < 1.29 is 22.6 Å². The van der Waals surface area contributed by atoms with E-state index < -0.39 is 10.0 Å². The number of fused-ring (bicyclic) bond motifs is 2. The minimum Gasteiger partial charge on any atom is -0.497 e. The maximum absolute atomic E-state index is 13.4. The third-order valence-electron chi connectivity index (χ3n) is 6.27. The summed E-state index contributed by atoms with van der Waals surface area (Å²) in [5.41, 5.74) is 1.53. The molecule has 0 aliphatic carbocycles. The van der Waals surface area contributed by atoms with E-state index in [0.717, 1.165) is 17.1 Å². The van der Waals surface area contributed by atoms with E-state index in [1.165, 1.54) is 0 Å². The lowest BCUT2D eigenvalue weighted by Gasteiger charge is -2.40. The molecule has 2 aliphatic rings. The fourth-order valence-electron chi connectivity index (χ4n) is 4.44. The van der Waals surface area contributed by atoms with Crippen LogP contribution in [-0.2, 0) is 10.0 Å². The van der Waals surface area contributed by atoms with Gasteiger partial charge in [-0.2, -0.15) is 4.31 Å². The highest BCUT2D eigenvalue weighted by atomic mass is 32.2. The van der Waals surface area contributed by atoms with Crippen LogP contribution in [0.4, 0.5) is 5.69 Å². The largest absolute Gasteiger partial charge is 0.497 e. The monoisotopic (exact) mass is 493 g/mol. The molecule has 1 atom stereocenters. The van der Waals surface area contributed by atoms with Gasteiger partial charge in [0.2, 0.25) is 10.0 Å². The van der Waals surface area contributed by atoms with Gasteiger partial charge >= 0.3 is 0 Å². The molecular weight excluding hydrogens is 466 g/mol. The minimum atomic E-state index is -3.65. The second-order valence-corrected chi connectivity index (χ2v) is 10.3. The Morgan fingerprint density at radius 2 is 1.63 bits per heavy atom. The highest BCUT2D eigenvalue weighted by molar-refractivity contribution is 7.89. The molecule has 2 aliphatic heterocycles. The lowest BCUT2D eigenvalue weighted by Crippen LogP contribution is -2.55. The Hall–Kier alpha value is -3.56. The summed E-state index contributed by atoms with van der Waals surface area (Å²) in [6, 6.07) is 19.5. The molecule has 0 saturated carbocycles. The number of amidine groups is 1. The molecule has 8 nitrogen and oxygen atoms in total. The summed E-state index contributed by atoms with van der Waals surface area (Å²) < 4.78 is 45.1. The van der Waals surface area contributed by atoms with Gasteiger partial charge in [-0.3, -0.25) is 0 Å². The number of benzene rings is 3. The zero-order valence-electron chi connectivity index (χ0n) is 19.8. The zero-order valence-corrected chi connectivity index (χ0v) is 20.7. The first-order valence-electron chi connectivity index (χ1n) is 11.4. The van der Waals surface area contributed by atoms with Crippen molar-refractivity contribution in [3.63, 3.8) is 0 Å². The second kappa shape index (κ2) is 9.24. The van der Waals surface area contributed by atoms with Crippen LogP contribution in [-0.4, -0.2) is 63.4 Å². The molecule has 3 aromatic rings. The molecule has 2 heterocycles. The van der Waals surface area contributed by atoms with Crippen molar-refractivity contribution in [2.75, 3.05) is 33.9 Å². The van der Waals surface area contributed by atoms with Crippen molar-refractivity contribution in [2.45, 2.75) is 17.9 Å². The summed E-state index contributed by atoms with van der Waals surface area (Å²) in [4.78, 5) is 7.33. The topological polar surface area (TPSA) is 80.7 Å². The van der Waals surface area contributed by atoms with Crippen LogP contribution in [0.1, 0.15) is 12.5 Å². The summed E-state index contributed by atoms with van der Waals surface area (Å²) in [6.07, 6.45) is 0. The highest BCUT2D eigenvalue weighted by Crippen LogP contribution is 2.39. The zero-order chi connectivity index (χ0) is 24.6. The average Bonchev–Trinajstić information content (AvgIpc) is 3.04. The fraction of sp³-hybridized carbons (Fsp3) is 0.269. The Bertz CT molecular complexity index is 1370. The van der Waals surface area contributed by atoms with Crippen molar-refractivity contribution in [2.24, 2.45) is 4.99 Å². The molecule has 3 aromatic carbocycles. The minimum absolute atomic E-state index is 0.253. The predicted molar refractivity (Wildman–Crippen MR) is 134 cm³/mol. The first-order valence-corrected chi connectivity index (χ1v) is 12.8. The molecule has 1 saturated heterocycles. The smallest absolute Gasteiger partial charge is 0.243 e.